The molecule has 8 nitrogen and oxygen atoms in total. The summed E-state index contributed by atoms with van der Waals surface area (Å²) < 4.78 is 25.8. The number of dihydropyridines is 1. The highest BCUT2D eigenvalue weighted by atomic mass is 35.5. The Bertz CT molecular complexity index is 1550. The van der Waals surface area contributed by atoms with Crippen LogP contribution in [0.1, 0.15) is 36.1 Å². The second kappa shape index (κ2) is 10.2. The maximum atomic E-state index is 14.0. The van der Waals surface area contributed by atoms with Crippen molar-refractivity contribution in [1.82, 2.24) is 10.1 Å². The number of aliphatic hydroxyl groups is 1. The average molecular weight is 607 g/mol. The van der Waals surface area contributed by atoms with Crippen molar-refractivity contribution in [2.24, 2.45) is 4.99 Å². The van der Waals surface area contributed by atoms with E-state index in [0.717, 1.165) is 25.0 Å². The van der Waals surface area contributed by atoms with Crippen molar-refractivity contribution in [3.8, 4) is 28.1 Å². The van der Waals surface area contributed by atoms with E-state index in [1.807, 2.05) is 0 Å². The summed E-state index contributed by atoms with van der Waals surface area (Å²) in [6.07, 6.45) is 5.28. The zero-order chi connectivity index (χ0) is 28.3. The highest BCUT2D eigenvalue weighted by Crippen LogP contribution is 2.55. The molecule has 1 aromatic heterocycles. The molecule has 0 radical (unpaired) electrons. The minimum atomic E-state index is -1.57. The number of para-hydroxylation sites is 1. The van der Waals surface area contributed by atoms with Crippen LogP contribution < -0.4 is 4.74 Å². The second-order valence-corrected chi connectivity index (χ2v) is 11.3. The van der Waals surface area contributed by atoms with E-state index in [4.69, 9.17) is 44.1 Å². The van der Waals surface area contributed by atoms with Crippen molar-refractivity contribution >= 4 is 47.0 Å². The molecule has 3 heterocycles. The molecule has 12 heteroatoms. The number of ether oxygens (including phenoxy) is 1. The third-order valence-corrected chi connectivity index (χ3v) is 8.71. The van der Waals surface area contributed by atoms with Crippen LogP contribution in [-0.2, 0) is 4.79 Å². The number of halogens is 4. The number of methoxy groups -OCH3 is 1. The molecule has 40 heavy (non-hydrogen) atoms. The molecule has 2 N–H and O–H groups in total. The number of nitrogens with zero attached hydrogens (tertiary/aromatic N) is 3. The fraction of sp³-hybridized carbons (Fsp3) is 0.321. The molecule has 0 spiro atoms. The molecule has 0 bridgehead atoms. The van der Waals surface area contributed by atoms with E-state index in [1.54, 1.807) is 24.3 Å². The number of likely N-dealkylation sites (tertiary alicyclic amines) is 1. The number of aliphatic hydroxyl groups excluding tert-OH is 1. The van der Waals surface area contributed by atoms with E-state index in [-0.39, 0.29) is 22.5 Å². The molecule has 3 aliphatic rings. The van der Waals surface area contributed by atoms with Gasteiger partial charge >= 0.3 is 5.97 Å². The number of hydrogen-bond donors (Lipinski definition) is 2. The number of carboxylic acid groups (broad SMARTS) is 1. The van der Waals surface area contributed by atoms with Crippen molar-refractivity contribution in [3.63, 3.8) is 0 Å². The SMILES string of the molecule is COc1c(-c2c(-c3c(Cl)cc(F)cc3Cl)noc2C2CC2)cccc1C1C(O)C(Cl)N1C1(C(=O)O)C=CC=NC1. The largest absolute Gasteiger partial charge is 0.496 e. The van der Waals surface area contributed by atoms with Gasteiger partial charge in [-0.1, -0.05) is 46.6 Å². The average Bonchev–Trinajstić information content (AvgIpc) is 3.69. The zero-order valence-corrected chi connectivity index (χ0v) is 23.3. The van der Waals surface area contributed by atoms with Gasteiger partial charge < -0.3 is 19.5 Å². The van der Waals surface area contributed by atoms with Gasteiger partial charge in [0.15, 0.2) is 5.54 Å². The van der Waals surface area contributed by atoms with Crippen LogP contribution in [0, 0.1) is 5.82 Å². The van der Waals surface area contributed by atoms with Gasteiger partial charge in [-0.3, -0.25) is 9.89 Å². The van der Waals surface area contributed by atoms with Crippen molar-refractivity contribution in [1.29, 1.82) is 0 Å². The lowest BCUT2D eigenvalue weighted by atomic mass is 9.81. The van der Waals surface area contributed by atoms with Gasteiger partial charge in [0.1, 0.15) is 34.6 Å². The number of aromatic nitrogens is 1. The summed E-state index contributed by atoms with van der Waals surface area (Å²) in [6, 6.07) is 6.79. The van der Waals surface area contributed by atoms with Crippen molar-refractivity contribution in [3.05, 3.63) is 69.7 Å². The summed E-state index contributed by atoms with van der Waals surface area (Å²) in [4.78, 5) is 18.3. The Balaban J connectivity index is 1.53. The van der Waals surface area contributed by atoms with Gasteiger partial charge in [0, 0.05) is 28.8 Å². The maximum absolute atomic E-state index is 14.0. The summed E-state index contributed by atoms with van der Waals surface area (Å²) in [5, 5.41) is 25.8. The van der Waals surface area contributed by atoms with Crippen LogP contribution >= 0.6 is 34.8 Å². The van der Waals surface area contributed by atoms with Crippen LogP contribution in [-0.4, -0.2) is 63.3 Å². The summed E-state index contributed by atoms with van der Waals surface area (Å²) in [5.41, 5.74) is -0.265. The van der Waals surface area contributed by atoms with Gasteiger partial charge in [-0.15, -0.1) is 11.6 Å². The fourth-order valence-electron chi connectivity index (χ4n) is 5.60. The molecule has 3 aromatic rings. The molecule has 4 unspecified atom stereocenters. The van der Waals surface area contributed by atoms with E-state index in [1.165, 1.54) is 24.3 Å². The van der Waals surface area contributed by atoms with Crippen molar-refractivity contribution in [2.75, 3.05) is 13.7 Å². The van der Waals surface area contributed by atoms with Crippen molar-refractivity contribution in [2.45, 2.75) is 41.9 Å². The van der Waals surface area contributed by atoms with E-state index >= 15 is 0 Å². The van der Waals surface area contributed by atoms with Crippen LogP contribution in [0.3, 0.4) is 0 Å². The number of aliphatic carboxylic acids is 1. The molecule has 208 valence electrons. The topological polar surface area (TPSA) is 108 Å². The molecule has 0 amide bonds. The normalized spacial score (nSPS) is 26.1. The Morgan fingerprint density at radius 2 is 1.95 bits per heavy atom. The summed E-state index contributed by atoms with van der Waals surface area (Å²) in [5.74, 6) is -0.648. The minimum absolute atomic E-state index is 0.0654. The first-order valence-electron chi connectivity index (χ1n) is 12.5. The monoisotopic (exact) mass is 605 g/mol. The summed E-state index contributed by atoms with van der Waals surface area (Å²) in [6.45, 7) is -0.0729. The highest BCUT2D eigenvalue weighted by molar-refractivity contribution is 6.39. The molecule has 1 aliphatic carbocycles. The number of rotatable bonds is 7. The Morgan fingerprint density at radius 1 is 1.23 bits per heavy atom. The molecule has 2 aliphatic heterocycles. The first-order valence-corrected chi connectivity index (χ1v) is 13.7. The third kappa shape index (κ3) is 4.14. The number of carboxylic acids is 1. The molecule has 2 aromatic carbocycles. The number of aliphatic imine (C=N–C) groups is 1. The van der Waals surface area contributed by atoms with Gasteiger partial charge in [-0.05, 0) is 37.1 Å². The Kier molecular flexibility index (Phi) is 6.91. The van der Waals surface area contributed by atoms with Crippen molar-refractivity contribution < 1.29 is 28.7 Å². The van der Waals surface area contributed by atoms with E-state index in [0.29, 0.717) is 39.5 Å². The number of benzene rings is 2. The second-order valence-electron chi connectivity index (χ2n) is 10.0. The standard InChI is InChI=1S/C28H23Cl3FN3O5/c1-39-25-15(19-21(34-40-24(19)13-6-7-13)20-17(29)10-14(32)11-18(20)30)4-2-5-16(25)22-23(36)26(31)35(22)28(27(37)38)8-3-9-33-12-28/h2-5,8-11,13,22-23,26,36H,6-7,12H2,1H3,(H,37,38). The number of allylic oxidation sites excluding steroid dienone is 1. The Morgan fingerprint density at radius 3 is 2.55 bits per heavy atom. The third-order valence-electron chi connectivity index (χ3n) is 7.65. The number of carbonyl (C=O) groups is 1. The Labute approximate surface area is 243 Å². The quantitative estimate of drug-likeness (QED) is 0.248. The molecule has 6 rings (SSSR count). The fourth-order valence-corrected chi connectivity index (χ4v) is 6.67. The molecule has 2 fully saturated rings. The van der Waals surface area contributed by atoms with Crippen LogP contribution in [0.4, 0.5) is 4.39 Å². The lowest BCUT2D eigenvalue weighted by Crippen LogP contribution is -2.71. The first kappa shape index (κ1) is 27.2. The van der Waals surface area contributed by atoms with Gasteiger partial charge in [0.25, 0.3) is 0 Å². The van der Waals surface area contributed by atoms with Gasteiger partial charge in [-0.2, -0.15) is 0 Å². The molecule has 1 saturated heterocycles. The van der Waals surface area contributed by atoms with Crippen LogP contribution in [0.15, 0.2) is 52.0 Å². The Hall–Kier alpha value is -2.95. The highest BCUT2D eigenvalue weighted by Gasteiger charge is 2.60. The molecule has 4 atom stereocenters. The minimum Gasteiger partial charge on any atom is -0.496 e. The predicted octanol–water partition coefficient (Wildman–Crippen LogP) is 6.09. The molecular weight excluding hydrogens is 584 g/mol. The smallest absolute Gasteiger partial charge is 0.330 e. The lowest BCUT2D eigenvalue weighted by Gasteiger charge is -2.56. The zero-order valence-electron chi connectivity index (χ0n) is 21.0. The molecule has 1 saturated carbocycles. The van der Waals surface area contributed by atoms with Gasteiger partial charge in [0.2, 0.25) is 0 Å². The molecular formula is C28H23Cl3FN3O5. The van der Waals surface area contributed by atoms with E-state index in [9.17, 15) is 19.4 Å². The van der Waals surface area contributed by atoms with Crippen LogP contribution in [0.5, 0.6) is 5.75 Å². The lowest BCUT2D eigenvalue weighted by molar-refractivity contribution is -0.170. The van der Waals surface area contributed by atoms with Gasteiger partial charge in [0.05, 0.1) is 35.3 Å². The van der Waals surface area contributed by atoms with Crippen LogP contribution in [0.25, 0.3) is 22.4 Å². The summed E-state index contributed by atoms with van der Waals surface area (Å²) in [7, 11) is 1.48. The van der Waals surface area contributed by atoms with E-state index in [2.05, 4.69) is 10.1 Å². The summed E-state index contributed by atoms with van der Waals surface area (Å²) >= 11 is 19.4. The van der Waals surface area contributed by atoms with Crippen LogP contribution in [0.2, 0.25) is 10.0 Å². The number of hydrogen-bond acceptors (Lipinski definition) is 7. The predicted molar refractivity (Wildman–Crippen MR) is 149 cm³/mol. The van der Waals surface area contributed by atoms with Gasteiger partial charge in [-0.25, -0.2) is 9.18 Å². The first-order chi connectivity index (χ1) is 19.2. The maximum Gasteiger partial charge on any atom is 0.330 e. The number of alkyl halides is 1. The van der Waals surface area contributed by atoms with E-state index < -0.39 is 35.0 Å².